The zero-order valence-electron chi connectivity index (χ0n) is 16.7. The number of carbonyl (C=O) groups is 2. The van der Waals surface area contributed by atoms with Crippen LogP contribution >= 0.6 is 11.3 Å². The molecule has 0 saturated carbocycles. The monoisotopic (exact) mass is 417 g/mol. The van der Waals surface area contributed by atoms with Crippen molar-refractivity contribution in [3.8, 4) is 11.3 Å². The quantitative estimate of drug-likeness (QED) is 0.521. The fourth-order valence-corrected chi connectivity index (χ4v) is 4.37. The molecule has 1 aliphatic rings. The summed E-state index contributed by atoms with van der Waals surface area (Å²) in [6, 6.07) is 17.2. The lowest BCUT2D eigenvalue weighted by molar-refractivity contribution is -0.119. The molecule has 0 N–H and O–H groups in total. The summed E-state index contributed by atoms with van der Waals surface area (Å²) < 4.78 is 0. The van der Waals surface area contributed by atoms with Crippen LogP contribution in [-0.4, -0.2) is 29.9 Å². The first-order valence-electron chi connectivity index (χ1n) is 10.0. The summed E-state index contributed by atoms with van der Waals surface area (Å²) in [5.41, 5.74) is 3.26. The Morgan fingerprint density at radius 1 is 1.13 bits per heavy atom. The molecule has 1 saturated heterocycles. The molecule has 3 aromatic rings. The Labute approximate surface area is 180 Å². The Balaban J connectivity index is 1.56. The van der Waals surface area contributed by atoms with Gasteiger partial charge in [-0.2, -0.15) is 0 Å². The van der Waals surface area contributed by atoms with Gasteiger partial charge in [0.1, 0.15) is 0 Å². The summed E-state index contributed by atoms with van der Waals surface area (Å²) in [6.45, 7) is 4.89. The molecule has 152 valence electrons. The lowest BCUT2D eigenvalue weighted by Crippen LogP contribution is -2.35. The SMILES string of the molecule is C=CCN(C(=O)c1ccc(N2CCCCC2=O)cc1)c1nc(-c2ccccc2)cs1. The van der Waals surface area contributed by atoms with E-state index in [9.17, 15) is 9.59 Å². The van der Waals surface area contributed by atoms with Gasteiger partial charge in [0, 0.05) is 41.7 Å². The summed E-state index contributed by atoms with van der Waals surface area (Å²) in [4.78, 5) is 33.4. The van der Waals surface area contributed by atoms with Gasteiger partial charge in [-0.25, -0.2) is 4.98 Å². The van der Waals surface area contributed by atoms with Gasteiger partial charge in [0.2, 0.25) is 5.91 Å². The first-order valence-corrected chi connectivity index (χ1v) is 10.9. The number of nitrogens with zero attached hydrogens (tertiary/aromatic N) is 3. The van der Waals surface area contributed by atoms with Crippen LogP contribution in [0, 0.1) is 0 Å². The van der Waals surface area contributed by atoms with Gasteiger partial charge in [-0.15, -0.1) is 17.9 Å². The van der Waals surface area contributed by atoms with Crippen LogP contribution in [0.15, 0.2) is 72.6 Å². The van der Waals surface area contributed by atoms with E-state index in [1.54, 1.807) is 28.0 Å². The predicted molar refractivity (Wildman–Crippen MR) is 122 cm³/mol. The summed E-state index contributed by atoms with van der Waals surface area (Å²) in [6.07, 6.45) is 4.23. The molecule has 30 heavy (non-hydrogen) atoms. The summed E-state index contributed by atoms with van der Waals surface area (Å²) in [5, 5.41) is 2.59. The smallest absolute Gasteiger partial charge is 0.260 e. The maximum Gasteiger partial charge on any atom is 0.260 e. The Hall–Kier alpha value is -3.25. The van der Waals surface area contributed by atoms with Crippen LogP contribution < -0.4 is 9.80 Å². The molecule has 1 aliphatic heterocycles. The molecule has 0 bridgehead atoms. The minimum atomic E-state index is -0.139. The van der Waals surface area contributed by atoms with E-state index in [2.05, 4.69) is 11.6 Å². The second kappa shape index (κ2) is 9.05. The Morgan fingerprint density at radius 3 is 2.60 bits per heavy atom. The van der Waals surface area contributed by atoms with E-state index in [1.807, 2.05) is 47.8 Å². The number of rotatable bonds is 6. The van der Waals surface area contributed by atoms with Gasteiger partial charge in [0.25, 0.3) is 5.91 Å². The lowest BCUT2D eigenvalue weighted by Gasteiger charge is -2.27. The average Bonchev–Trinajstić information content (AvgIpc) is 3.28. The molecule has 2 amide bonds. The summed E-state index contributed by atoms with van der Waals surface area (Å²) >= 11 is 1.43. The fraction of sp³-hybridized carbons (Fsp3) is 0.208. The van der Waals surface area contributed by atoms with E-state index in [-0.39, 0.29) is 11.8 Å². The van der Waals surface area contributed by atoms with Crippen LogP contribution in [0.3, 0.4) is 0 Å². The van der Waals surface area contributed by atoms with Crippen molar-refractivity contribution < 1.29 is 9.59 Å². The van der Waals surface area contributed by atoms with Crippen LogP contribution in [0.4, 0.5) is 10.8 Å². The van der Waals surface area contributed by atoms with E-state index >= 15 is 0 Å². The number of benzene rings is 2. The molecular weight excluding hydrogens is 394 g/mol. The van der Waals surface area contributed by atoms with Crippen molar-refractivity contribution in [3.63, 3.8) is 0 Å². The highest BCUT2D eigenvalue weighted by atomic mass is 32.1. The number of amides is 2. The van der Waals surface area contributed by atoms with Gasteiger partial charge in [0.05, 0.1) is 5.69 Å². The maximum absolute atomic E-state index is 13.2. The normalized spacial score (nSPS) is 13.9. The van der Waals surface area contributed by atoms with Gasteiger partial charge in [-0.05, 0) is 37.1 Å². The third-order valence-corrected chi connectivity index (χ3v) is 5.96. The molecule has 0 spiro atoms. The molecule has 6 heteroatoms. The van der Waals surface area contributed by atoms with Gasteiger partial charge < -0.3 is 4.90 Å². The minimum Gasteiger partial charge on any atom is -0.312 e. The third kappa shape index (κ3) is 4.19. The Kier molecular flexibility index (Phi) is 6.05. The van der Waals surface area contributed by atoms with Gasteiger partial charge >= 0.3 is 0 Å². The molecule has 4 rings (SSSR count). The number of anilines is 2. The number of hydrogen-bond donors (Lipinski definition) is 0. The molecule has 0 radical (unpaired) electrons. The maximum atomic E-state index is 13.2. The molecule has 5 nitrogen and oxygen atoms in total. The second-order valence-corrected chi connectivity index (χ2v) is 7.97. The van der Waals surface area contributed by atoms with Gasteiger partial charge in [-0.3, -0.25) is 14.5 Å². The molecule has 1 fully saturated rings. The highest BCUT2D eigenvalue weighted by Crippen LogP contribution is 2.29. The van der Waals surface area contributed by atoms with Crippen molar-refractivity contribution in [2.24, 2.45) is 0 Å². The fourth-order valence-electron chi connectivity index (χ4n) is 3.53. The highest BCUT2D eigenvalue weighted by molar-refractivity contribution is 7.14. The van der Waals surface area contributed by atoms with Crippen LogP contribution in [-0.2, 0) is 4.79 Å². The number of piperidine rings is 1. The summed E-state index contributed by atoms with van der Waals surface area (Å²) in [7, 11) is 0. The predicted octanol–water partition coefficient (Wildman–Crippen LogP) is 5.16. The zero-order valence-corrected chi connectivity index (χ0v) is 17.5. The molecule has 1 aromatic heterocycles. The largest absolute Gasteiger partial charge is 0.312 e. The second-order valence-electron chi connectivity index (χ2n) is 7.14. The zero-order chi connectivity index (χ0) is 20.9. The highest BCUT2D eigenvalue weighted by Gasteiger charge is 2.22. The van der Waals surface area contributed by atoms with Crippen LogP contribution in [0.2, 0.25) is 0 Å². The number of aromatic nitrogens is 1. The van der Waals surface area contributed by atoms with Crippen molar-refractivity contribution in [2.45, 2.75) is 19.3 Å². The molecule has 2 heterocycles. The number of hydrogen-bond acceptors (Lipinski definition) is 4. The van der Waals surface area contributed by atoms with Crippen LogP contribution in [0.1, 0.15) is 29.6 Å². The number of thiazole rings is 1. The van der Waals surface area contributed by atoms with Crippen LogP contribution in [0.25, 0.3) is 11.3 Å². The molecular formula is C24H23N3O2S. The molecule has 0 unspecified atom stereocenters. The number of carbonyl (C=O) groups excluding carboxylic acids is 2. The average molecular weight is 418 g/mol. The van der Waals surface area contributed by atoms with Gasteiger partial charge in [0.15, 0.2) is 5.13 Å². The topological polar surface area (TPSA) is 53.5 Å². The molecule has 0 aliphatic carbocycles. The van der Waals surface area contributed by atoms with Crippen LogP contribution in [0.5, 0.6) is 0 Å². The van der Waals surface area contributed by atoms with E-state index in [0.717, 1.165) is 36.3 Å². The molecule has 0 atom stereocenters. The van der Waals surface area contributed by atoms with Crippen molar-refractivity contribution in [2.75, 3.05) is 22.9 Å². The van der Waals surface area contributed by atoms with Crippen molar-refractivity contribution in [3.05, 3.63) is 78.2 Å². The Bertz CT molecular complexity index is 1040. The third-order valence-electron chi connectivity index (χ3n) is 5.10. The minimum absolute atomic E-state index is 0.139. The molecule has 2 aromatic carbocycles. The first-order chi connectivity index (χ1) is 14.7. The summed E-state index contributed by atoms with van der Waals surface area (Å²) in [5.74, 6) is 0.00483. The van der Waals surface area contributed by atoms with Crippen molar-refractivity contribution in [1.82, 2.24) is 4.98 Å². The lowest BCUT2D eigenvalue weighted by atomic mass is 10.1. The van der Waals surface area contributed by atoms with E-state index < -0.39 is 0 Å². The van der Waals surface area contributed by atoms with E-state index in [4.69, 9.17) is 0 Å². The first kappa shape index (κ1) is 20.0. The van der Waals surface area contributed by atoms with E-state index in [1.165, 1.54) is 11.3 Å². The Morgan fingerprint density at radius 2 is 1.90 bits per heavy atom. The van der Waals surface area contributed by atoms with Crippen molar-refractivity contribution >= 4 is 34.0 Å². The van der Waals surface area contributed by atoms with Crippen molar-refractivity contribution in [1.29, 1.82) is 0 Å². The van der Waals surface area contributed by atoms with Gasteiger partial charge in [-0.1, -0.05) is 36.4 Å². The standard InChI is InChI=1S/C24H23N3O2S/c1-2-15-27(24-25-21(17-30-24)18-8-4-3-5-9-18)23(29)19-11-13-20(14-12-19)26-16-7-6-10-22(26)28/h2-5,8-9,11-14,17H,1,6-7,10,15-16H2. The van der Waals surface area contributed by atoms with E-state index in [0.29, 0.717) is 23.7 Å².